The summed E-state index contributed by atoms with van der Waals surface area (Å²) in [6.45, 7) is 5.69. The maximum absolute atomic E-state index is 9.10. The summed E-state index contributed by atoms with van der Waals surface area (Å²) in [4.78, 5) is 14.5. The maximum Gasteiger partial charge on any atom is 0.210 e. The van der Waals surface area contributed by atoms with Gasteiger partial charge in [-0.05, 0) is 93.4 Å². The van der Waals surface area contributed by atoms with Gasteiger partial charge in [0.25, 0.3) is 0 Å². The van der Waals surface area contributed by atoms with Gasteiger partial charge in [0, 0.05) is 37.8 Å². The van der Waals surface area contributed by atoms with Crippen LogP contribution in [-0.2, 0) is 14.5 Å². The molecule has 4 bridgehead atoms. The molecule has 6 fully saturated rings. The van der Waals surface area contributed by atoms with Crippen molar-refractivity contribution in [3.8, 4) is 5.75 Å². The number of nitrogens with zero attached hydrogens (tertiary/aromatic N) is 1. The lowest BCUT2D eigenvalue weighted by molar-refractivity contribution is -0.390. The molecule has 1 aliphatic heterocycles. The van der Waals surface area contributed by atoms with E-state index < -0.39 is 11.6 Å². The van der Waals surface area contributed by atoms with Crippen LogP contribution in [0.25, 0.3) is 0 Å². The molecule has 1 heterocycles. The van der Waals surface area contributed by atoms with Crippen LogP contribution in [0, 0.1) is 23.7 Å². The van der Waals surface area contributed by atoms with Crippen LogP contribution < -0.4 is 4.74 Å². The van der Waals surface area contributed by atoms with Gasteiger partial charge in [-0.1, -0.05) is 19.1 Å². The molecule has 6 heteroatoms. The van der Waals surface area contributed by atoms with Gasteiger partial charge in [0.1, 0.15) is 5.75 Å². The second-order valence-corrected chi connectivity index (χ2v) is 11.9. The van der Waals surface area contributed by atoms with Crippen molar-refractivity contribution in [2.75, 3.05) is 32.8 Å². The Hall–Kier alpha value is -1.18. The van der Waals surface area contributed by atoms with Gasteiger partial charge in [-0.25, -0.2) is 0 Å². The normalized spacial score (nSPS) is 39.8. The fourth-order valence-corrected chi connectivity index (χ4v) is 8.07. The second kappa shape index (κ2) is 9.94. The van der Waals surface area contributed by atoms with Crippen molar-refractivity contribution in [2.45, 2.75) is 88.6 Å². The molecule has 1 saturated heterocycles. The monoisotopic (exact) mass is 485 g/mol. The first kappa shape index (κ1) is 24.2. The van der Waals surface area contributed by atoms with E-state index in [2.05, 4.69) is 36.1 Å². The average molecular weight is 486 g/mol. The van der Waals surface area contributed by atoms with Gasteiger partial charge in [0.05, 0.1) is 13.2 Å². The minimum Gasteiger partial charge on any atom is -0.494 e. The molecule has 35 heavy (non-hydrogen) atoms. The summed E-state index contributed by atoms with van der Waals surface area (Å²) in [5.41, 5.74) is 1.38. The standard InChI is InChI=1S/C29H43NO5/c1-2-30(13-14-31)12-3-15-32-27-6-4-23(5-7-27)24-8-10-28(11-9-24)33-29(35-34-28)25-17-21-16-22(19-25)20-26(29)18-21/h4-7,21-22,24-26,31H,2-3,8-20H2,1H3/t21?,22?,24-,25?,26?,28+,29-. The average Bonchev–Trinajstić information content (AvgIpc) is 3.25. The minimum absolute atomic E-state index is 0.215. The Labute approximate surface area is 210 Å². The van der Waals surface area contributed by atoms with Crippen LogP contribution >= 0.6 is 0 Å². The summed E-state index contributed by atoms with van der Waals surface area (Å²) in [5.74, 6) is 3.34. The highest BCUT2D eigenvalue weighted by atomic mass is 17.3. The van der Waals surface area contributed by atoms with E-state index in [9.17, 15) is 0 Å². The Balaban J connectivity index is 0.989. The second-order valence-electron chi connectivity index (χ2n) is 11.9. The molecule has 0 amide bonds. The zero-order valence-electron chi connectivity index (χ0n) is 21.3. The van der Waals surface area contributed by atoms with Crippen LogP contribution in [0.5, 0.6) is 5.75 Å². The minimum atomic E-state index is -0.530. The van der Waals surface area contributed by atoms with Crippen molar-refractivity contribution in [3.05, 3.63) is 29.8 Å². The highest BCUT2D eigenvalue weighted by molar-refractivity contribution is 5.30. The number of aliphatic hydroxyl groups excluding tert-OH is 1. The Morgan fingerprint density at radius 3 is 2.26 bits per heavy atom. The number of likely N-dealkylation sites (N-methyl/N-ethyl adjacent to an activating group) is 1. The zero-order chi connectivity index (χ0) is 23.9. The highest BCUT2D eigenvalue weighted by Gasteiger charge is 2.66. The highest BCUT2D eigenvalue weighted by Crippen LogP contribution is 2.64. The lowest BCUT2D eigenvalue weighted by Crippen LogP contribution is -2.59. The number of hydrogen-bond acceptors (Lipinski definition) is 6. The van der Waals surface area contributed by atoms with E-state index in [4.69, 9.17) is 24.4 Å². The Kier molecular flexibility index (Phi) is 6.87. The predicted octanol–water partition coefficient (Wildman–Crippen LogP) is 5.25. The van der Waals surface area contributed by atoms with Crippen molar-refractivity contribution in [1.82, 2.24) is 4.90 Å². The van der Waals surface area contributed by atoms with E-state index in [1.54, 1.807) is 0 Å². The van der Waals surface area contributed by atoms with E-state index in [1.165, 1.54) is 37.7 Å². The van der Waals surface area contributed by atoms with Crippen LogP contribution in [0.2, 0.25) is 0 Å². The largest absolute Gasteiger partial charge is 0.494 e. The first-order valence-corrected chi connectivity index (χ1v) is 14.2. The first-order chi connectivity index (χ1) is 17.1. The molecule has 0 unspecified atom stereocenters. The van der Waals surface area contributed by atoms with Crippen molar-refractivity contribution < 1.29 is 24.4 Å². The topological polar surface area (TPSA) is 60.4 Å². The number of aliphatic hydroxyl groups is 1. The Morgan fingerprint density at radius 1 is 0.943 bits per heavy atom. The summed E-state index contributed by atoms with van der Waals surface area (Å²) in [6.07, 6.45) is 11.4. The molecule has 1 aromatic rings. The molecule has 1 aromatic carbocycles. The molecule has 2 spiro atoms. The Bertz CT molecular complexity index is 821. The van der Waals surface area contributed by atoms with Gasteiger partial charge in [0.2, 0.25) is 11.6 Å². The number of hydrogen-bond donors (Lipinski definition) is 1. The van der Waals surface area contributed by atoms with E-state index in [-0.39, 0.29) is 6.61 Å². The molecule has 0 atom stereocenters. The molecule has 6 aliphatic rings. The summed E-state index contributed by atoms with van der Waals surface area (Å²) in [5, 5.41) is 9.10. The number of rotatable bonds is 9. The third kappa shape index (κ3) is 4.66. The van der Waals surface area contributed by atoms with Crippen LogP contribution in [0.3, 0.4) is 0 Å². The molecule has 0 radical (unpaired) electrons. The molecule has 0 aromatic heterocycles. The van der Waals surface area contributed by atoms with Crippen molar-refractivity contribution in [2.24, 2.45) is 23.7 Å². The van der Waals surface area contributed by atoms with Crippen LogP contribution in [0.1, 0.15) is 82.6 Å². The van der Waals surface area contributed by atoms with Crippen molar-refractivity contribution >= 4 is 0 Å². The van der Waals surface area contributed by atoms with Crippen molar-refractivity contribution in [1.29, 1.82) is 0 Å². The van der Waals surface area contributed by atoms with Crippen LogP contribution in [0.15, 0.2) is 24.3 Å². The summed E-state index contributed by atoms with van der Waals surface area (Å²) in [6, 6.07) is 8.68. The van der Waals surface area contributed by atoms with Gasteiger partial charge < -0.3 is 19.5 Å². The first-order valence-electron chi connectivity index (χ1n) is 14.2. The molecule has 7 rings (SSSR count). The van der Waals surface area contributed by atoms with Gasteiger partial charge in [-0.15, -0.1) is 0 Å². The van der Waals surface area contributed by atoms with Crippen LogP contribution in [0.4, 0.5) is 0 Å². The van der Waals surface area contributed by atoms with E-state index in [0.29, 0.717) is 24.4 Å². The Morgan fingerprint density at radius 2 is 1.63 bits per heavy atom. The third-order valence-corrected chi connectivity index (χ3v) is 9.80. The predicted molar refractivity (Wildman–Crippen MR) is 133 cm³/mol. The summed E-state index contributed by atoms with van der Waals surface area (Å²) < 4.78 is 12.8. The molecule has 6 nitrogen and oxygen atoms in total. The zero-order valence-corrected chi connectivity index (χ0v) is 21.3. The quantitative estimate of drug-likeness (QED) is 0.381. The molecule has 1 N–H and O–H groups in total. The van der Waals surface area contributed by atoms with Crippen LogP contribution in [-0.4, -0.2) is 54.4 Å². The van der Waals surface area contributed by atoms with Gasteiger partial charge >= 0.3 is 0 Å². The molecule has 5 saturated carbocycles. The third-order valence-electron chi connectivity index (χ3n) is 9.80. The fraction of sp³-hybridized carbons (Fsp3) is 0.793. The van der Waals surface area contributed by atoms with Gasteiger partial charge in [-0.3, -0.25) is 0 Å². The van der Waals surface area contributed by atoms with E-state index >= 15 is 0 Å². The SMILES string of the molecule is CCN(CCO)CCCOc1ccc([C@H]2CC[C@]3(CC2)OO[C@]2(O3)C3CC4CC(C3)CC2C4)cc1. The molecular formula is C29H43NO5. The summed E-state index contributed by atoms with van der Waals surface area (Å²) in [7, 11) is 0. The van der Waals surface area contributed by atoms with Gasteiger partial charge in [0.15, 0.2) is 0 Å². The fourth-order valence-electron chi connectivity index (χ4n) is 8.07. The lowest BCUT2D eigenvalue weighted by Gasteiger charge is -2.57. The van der Waals surface area contributed by atoms with E-state index in [1.807, 2.05) is 0 Å². The number of benzene rings is 1. The van der Waals surface area contributed by atoms with E-state index in [0.717, 1.165) is 69.3 Å². The molecular weight excluding hydrogens is 442 g/mol. The maximum atomic E-state index is 9.10. The molecule has 5 aliphatic carbocycles. The van der Waals surface area contributed by atoms with Gasteiger partial charge in [-0.2, -0.15) is 9.78 Å². The smallest absolute Gasteiger partial charge is 0.210 e. The lowest BCUT2D eigenvalue weighted by atomic mass is 9.53. The van der Waals surface area contributed by atoms with Crippen molar-refractivity contribution in [3.63, 3.8) is 0 Å². The number of ether oxygens (including phenoxy) is 2. The summed E-state index contributed by atoms with van der Waals surface area (Å²) >= 11 is 0. The molecule has 194 valence electrons.